The van der Waals surface area contributed by atoms with Crippen molar-refractivity contribution >= 4 is 10.9 Å². The molecule has 0 aliphatic carbocycles. The van der Waals surface area contributed by atoms with Gasteiger partial charge in [0.25, 0.3) is 0 Å². The number of hydrogen-bond acceptors (Lipinski definition) is 2. The molecule has 1 heterocycles. The van der Waals surface area contributed by atoms with Gasteiger partial charge in [-0.15, -0.1) is 0 Å². The smallest absolute Gasteiger partial charge is 0.116 e. The number of aromatic hydroxyl groups is 1. The molecule has 0 aliphatic heterocycles. The highest BCUT2D eigenvalue weighted by Crippen LogP contribution is 2.33. The Balaban J connectivity index is 2.04. The lowest BCUT2D eigenvalue weighted by Gasteiger charge is -2.11. The molecule has 3 aromatic carbocycles. The second kappa shape index (κ2) is 5.58. The molecular formula is C21H15NO. The summed E-state index contributed by atoms with van der Waals surface area (Å²) in [6.45, 7) is 0. The molecule has 0 radical (unpaired) electrons. The Morgan fingerprint density at radius 2 is 1.30 bits per heavy atom. The molecule has 0 spiro atoms. The molecule has 0 saturated heterocycles. The second-order valence-electron chi connectivity index (χ2n) is 5.49. The van der Waals surface area contributed by atoms with E-state index in [1.165, 1.54) is 0 Å². The second-order valence-corrected chi connectivity index (χ2v) is 5.49. The summed E-state index contributed by atoms with van der Waals surface area (Å²) in [5.41, 5.74) is 5.08. The van der Waals surface area contributed by atoms with Crippen LogP contribution in [0.4, 0.5) is 0 Å². The Hall–Kier alpha value is -3.13. The van der Waals surface area contributed by atoms with Crippen molar-refractivity contribution < 1.29 is 5.11 Å². The third kappa shape index (κ3) is 2.55. The summed E-state index contributed by atoms with van der Waals surface area (Å²) in [6, 6.07) is 27.8. The summed E-state index contributed by atoms with van der Waals surface area (Å²) >= 11 is 0. The van der Waals surface area contributed by atoms with E-state index >= 15 is 0 Å². The Morgan fingerprint density at radius 3 is 2.00 bits per heavy atom. The molecule has 1 N–H and O–H groups in total. The molecule has 2 heteroatoms. The first-order valence-corrected chi connectivity index (χ1v) is 7.56. The lowest BCUT2D eigenvalue weighted by Crippen LogP contribution is -1.89. The van der Waals surface area contributed by atoms with Crippen LogP contribution in [-0.4, -0.2) is 10.1 Å². The average Bonchev–Trinajstić information content (AvgIpc) is 2.62. The summed E-state index contributed by atoms with van der Waals surface area (Å²) in [5.74, 6) is 0.254. The highest BCUT2D eigenvalue weighted by atomic mass is 16.3. The molecule has 23 heavy (non-hydrogen) atoms. The van der Waals surface area contributed by atoms with Gasteiger partial charge < -0.3 is 5.11 Å². The van der Waals surface area contributed by atoms with Crippen LogP contribution in [0.5, 0.6) is 5.75 Å². The minimum atomic E-state index is 0.254. The highest BCUT2D eigenvalue weighted by molar-refractivity contribution is 5.97. The molecule has 4 aromatic rings. The van der Waals surface area contributed by atoms with Crippen molar-refractivity contribution in [3.8, 4) is 28.1 Å². The first kappa shape index (κ1) is 13.5. The normalized spacial score (nSPS) is 10.8. The van der Waals surface area contributed by atoms with Crippen molar-refractivity contribution in [3.63, 3.8) is 0 Å². The molecule has 4 rings (SSSR count). The maximum atomic E-state index is 9.86. The van der Waals surface area contributed by atoms with E-state index < -0.39 is 0 Å². The van der Waals surface area contributed by atoms with E-state index in [0.717, 1.165) is 33.3 Å². The molecule has 1 aromatic heterocycles. The van der Waals surface area contributed by atoms with Crippen molar-refractivity contribution in [2.75, 3.05) is 0 Å². The number of rotatable bonds is 2. The summed E-state index contributed by atoms with van der Waals surface area (Å²) in [7, 11) is 0. The predicted molar refractivity (Wildman–Crippen MR) is 94.3 cm³/mol. The first-order chi connectivity index (χ1) is 11.3. The van der Waals surface area contributed by atoms with Gasteiger partial charge in [0, 0.05) is 10.9 Å². The van der Waals surface area contributed by atoms with Gasteiger partial charge in [0.1, 0.15) is 5.75 Å². The van der Waals surface area contributed by atoms with Gasteiger partial charge in [0.15, 0.2) is 0 Å². The molecule has 0 amide bonds. The van der Waals surface area contributed by atoms with Crippen LogP contribution < -0.4 is 0 Å². The van der Waals surface area contributed by atoms with Crippen LogP contribution in [0, 0.1) is 0 Å². The third-order valence-corrected chi connectivity index (χ3v) is 3.95. The van der Waals surface area contributed by atoms with Gasteiger partial charge in [0.2, 0.25) is 0 Å². The fourth-order valence-electron chi connectivity index (χ4n) is 2.83. The average molecular weight is 297 g/mol. The van der Waals surface area contributed by atoms with E-state index in [0.29, 0.717) is 0 Å². The van der Waals surface area contributed by atoms with Crippen LogP contribution in [0.2, 0.25) is 0 Å². The van der Waals surface area contributed by atoms with E-state index in [-0.39, 0.29) is 5.75 Å². The van der Waals surface area contributed by atoms with Crippen molar-refractivity contribution in [1.29, 1.82) is 0 Å². The lowest BCUT2D eigenvalue weighted by atomic mass is 9.98. The lowest BCUT2D eigenvalue weighted by molar-refractivity contribution is 0.476. The minimum absolute atomic E-state index is 0.254. The summed E-state index contributed by atoms with van der Waals surface area (Å²) in [4.78, 5) is 4.76. The zero-order valence-electron chi connectivity index (χ0n) is 12.5. The zero-order chi connectivity index (χ0) is 15.6. The van der Waals surface area contributed by atoms with E-state index in [4.69, 9.17) is 4.98 Å². The van der Waals surface area contributed by atoms with Crippen molar-refractivity contribution in [2.45, 2.75) is 0 Å². The third-order valence-electron chi connectivity index (χ3n) is 3.95. The van der Waals surface area contributed by atoms with Crippen LogP contribution in [0.1, 0.15) is 0 Å². The molecule has 0 fully saturated rings. The van der Waals surface area contributed by atoms with Crippen molar-refractivity contribution in [2.24, 2.45) is 0 Å². The summed E-state index contributed by atoms with van der Waals surface area (Å²) in [5, 5.41) is 10.8. The Labute approximate surface area is 134 Å². The molecule has 0 aliphatic rings. The maximum absolute atomic E-state index is 9.86. The van der Waals surface area contributed by atoms with Gasteiger partial charge in [-0.3, -0.25) is 0 Å². The molecule has 0 atom stereocenters. The molecular weight excluding hydrogens is 282 g/mol. The SMILES string of the molecule is Oc1ccc2nc(-c3ccccc3)cc(-c3ccccc3)c2c1. The highest BCUT2D eigenvalue weighted by Gasteiger charge is 2.10. The van der Waals surface area contributed by atoms with Gasteiger partial charge in [-0.2, -0.15) is 0 Å². The van der Waals surface area contributed by atoms with Crippen LogP contribution in [0.15, 0.2) is 84.9 Å². The van der Waals surface area contributed by atoms with Crippen molar-refractivity contribution in [3.05, 3.63) is 84.9 Å². The monoisotopic (exact) mass is 297 g/mol. The van der Waals surface area contributed by atoms with Crippen LogP contribution in [-0.2, 0) is 0 Å². The number of fused-ring (bicyclic) bond motifs is 1. The van der Waals surface area contributed by atoms with Crippen LogP contribution in [0.25, 0.3) is 33.3 Å². The number of phenolic OH excluding ortho intramolecular Hbond substituents is 1. The number of pyridine rings is 1. The minimum Gasteiger partial charge on any atom is -0.508 e. The molecule has 0 saturated carbocycles. The van der Waals surface area contributed by atoms with Gasteiger partial charge in [-0.25, -0.2) is 4.98 Å². The topological polar surface area (TPSA) is 33.1 Å². The number of phenols is 1. The molecule has 2 nitrogen and oxygen atoms in total. The fourth-order valence-corrected chi connectivity index (χ4v) is 2.83. The Bertz CT molecular complexity index is 963. The standard InChI is InChI=1S/C21H15NO/c23-17-11-12-20-19(13-17)18(15-7-3-1-4-8-15)14-21(22-20)16-9-5-2-6-10-16/h1-14,23H. The van der Waals surface area contributed by atoms with Gasteiger partial charge >= 0.3 is 0 Å². The predicted octanol–water partition coefficient (Wildman–Crippen LogP) is 5.27. The summed E-state index contributed by atoms with van der Waals surface area (Å²) in [6.07, 6.45) is 0. The van der Waals surface area contributed by atoms with E-state index in [2.05, 4.69) is 30.3 Å². The van der Waals surface area contributed by atoms with Crippen LogP contribution >= 0.6 is 0 Å². The van der Waals surface area contributed by atoms with E-state index in [1.807, 2.05) is 42.5 Å². The molecule has 0 bridgehead atoms. The molecule has 110 valence electrons. The van der Waals surface area contributed by atoms with Crippen molar-refractivity contribution in [1.82, 2.24) is 4.98 Å². The maximum Gasteiger partial charge on any atom is 0.116 e. The number of nitrogens with zero attached hydrogens (tertiary/aromatic N) is 1. The van der Waals surface area contributed by atoms with Gasteiger partial charge in [-0.1, -0.05) is 60.7 Å². The molecule has 0 unspecified atom stereocenters. The van der Waals surface area contributed by atoms with Gasteiger partial charge in [0.05, 0.1) is 11.2 Å². The summed E-state index contributed by atoms with van der Waals surface area (Å²) < 4.78 is 0. The van der Waals surface area contributed by atoms with E-state index in [1.54, 1.807) is 12.1 Å². The largest absolute Gasteiger partial charge is 0.508 e. The number of hydrogen-bond donors (Lipinski definition) is 1. The first-order valence-electron chi connectivity index (χ1n) is 7.56. The number of aromatic nitrogens is 1. The van der Waals surface area contributed by atoms with Gasteiger partial charge in [-0.05, 0) is 35.4 Å². The van der Waals surface area contributed by atoms with E-state index in [9.17, 15) is 5.11 Å². The van der Waals surface area contributed by atoms with Crippen LogP contribution in [0.3, 0.4) is 0 Å². The fraction of sp³-hybridized carbons (Fsp3) is 0. The quantitative estimate of drug-likeness (QED) is 0.546. The zero-order valence-corrected chi connectivity index (χ0v) is 12.5. The Morgan fingerprint density at radius 1 is 0.652 bits per heavy atom. The number of benzene rings is 3. The Kier molecular flexibility index (Phi) is 3.28.